The topological polar surface area (TPSA) is 101 Å². The van der Waals surface area contributed by atoms with Crippen LogP contribution < -0.4 is 5.32 Å². The summed E-state index contributed by atoms with van der Waals surface area (Å²) in [5.74, 6) is 0.872. The van der Waals surface area contributed by atoms with Crippen LogP contribution in [0.15, 0.2) is 47.0 Å². The molecular formula is C23H24ClN5O3. The summed E-state index contributed by atoms with van der Waals surface area (Å²) >= 11 is 5.83. The Hall–Kier alpha value is -3.26. The van der Waals surface area contributed by atoms with Crippen LogP contribution in [0.4, 0.5) is 5.82 Å². The van der Waals surface area contributed by atoms with Crippen molar-refractivity contribution in [3.63, 3.8) is 0 Å². The lowest BCUT2D eigenvalue weighted by Gasteiger charge is -2.32. The number of carbonyl (C=O) groups excluding carboxylic acids is 2. The molecule has 0 aliphatic carbocycles. The van der Waals surface area contributed by atoms with Crippen molar-refractivity contribution in [3.05, 3.63) is 59.1 Å². The molecule has 3 aromatic rings. The first-order valence-electron chi connectivity index (χ1n) is 10.6. The second kappa shape index (κ2) is 9.91. The van der Waals surface area contributed by atoms with E-state index in [2.05, 4.69) is 20.5 Å². The van der Waals surface area contributed by atoms with E-state index in [1.54, 1.807) is 17.0 Å². The van der Waals surface area contributed by atoms with Gasteiger partial charge in [-0.1, -0.05) is 29.3 Å². The van der Waals surface area contributed by atoms with E-state index >= 15 is 0 Å². The largest absolute Gasteiger partial charge is 0.421 e. The summed E-state index contributed by atoms with van der Waals surface area (Å²) in [6.45, 7) is 3.04. The number of rotatable bonds is 6. The number of piperidine rings is 1. The van der Waals surface area contributed by atoms with Crippen molar-refractivity contribution in [2.45, 2.75) is 32.6 Å². The van der Waals surface area contributed by atoms with Gasteiger partial charge in [0.05, 0.1) is 10.9 Å². The summed E-state index contributed by atoms with van der Waals surface area (Å²) in [6.07, 6.45) is 3.60. The fourth-order valence-electron chi connectivity index (χ4n) is 3.64. The minimum absolute atomic E-state index is 0.0257. The van der Waals surface area contributed by atoms with Crippen LogP contribution in [0.5, 0.6) is 0 Å². The van der Waals surface area contributed by atoms with Crippen LogP contribution in [-0.2, 0) is 16.0 Å². The van der Waals surface area contributed by atoms with E-state index in [4.69, 9.17) is 16.0 Å². The van der Waals surface area contributed by atoms with Crippen molar-refractivity contribution in [1.82, 2.24) is 20.1 Å². The van der Waals surface area contributed by atoms with Gasteiger partial charge in [-0.3, -0.25) is 9.59 Å². The number of aromatic nitrogens is 3. The van der Waals surface area contributed by atoms with Gasteiger partial charge in [0.1, 0.15) is 5.82 Å². The Kier molecular flexibility index (Phi) is 6.80. The third kappa shape index (κ3) is 5.50. The molecule has 1 aliphatic rings. The van der Waals surface area contributed by atoms with Crippen LogP contribution in [0.3, 0.4) is 0 Å². The zero-order valence-electron chi connectivity index (χ0n) is 17.8. The maximum atomic E-state index is 12.7. The molecule has 1 aliphatic heterocycles. The minimum Gasteiger partial charge on any atom is -0.421 e. The molecule has 0 radical (unpaired) electrons. The Morgan fingerprint density at radius 1 is 1.19 bits per heavy atom. The Morgan fingerprint density at radius 3 is 2.75 bits per heavy atom. The molecule has 0 unspecified atom stereocenters. The number of hydrogen-bond acceptors (Lipinski definition) is 6. The number of anilines is 1. The van der Waals surface area contributed by atoms with Gasteiger partial charge in [-0.05, 0) is 44.0 Å². The first-order valence-corrected chi connectivity index (χ1v) is 11.0. The van der Waals surface area contributed by atoms with Gasteiger partial charge < -0.3 is 14.6 Å². The molecule has 4 rings (SSSR count). The Morgan fingerprint density at radius 2 is 2.00 bits per heavy atom. The van der Waals surface area contributed by atoms with Crippen LogP contribution in [0, 0.1) is 12.8 Å². The number of nitrogens with one attached hydrogen (secondary N) is 1. The molecule has 1 N–H and O–H groups in total. The smallest absolute Gasteiger partial charge is 0.247 e. The molecule has 1 atom stereocenters. The second-order valence-electron chi connectivity index (χ2n) is 7.90. The van der Waals surface area contributed by atoms with Crippen LogP contribution in [-0.4, -0.2) is 45.0 Å². The highest BCUT2D eigenvalue weighted by Gasteiger charge is 2.28. The molecule has 3 heterocycles. The van der Waals surface area contributed by atoms with Gasteiger partial charge in [0, 0.05) is 37.7 Å². The highest BCUT2D eigenvalue weighted by molar-refractivity contribution is 6.30. The number of likely N-dealkylation sites (tertiary alicyclic amines) is 1. The SMILES string of the molecule is Cc1ccc(-c2nnc(CCC(=O)N3CCC[C@@H](C(=O)Nc4ccc(Cl)cn4)C3)o2)cc1. The number of benzene rings is 1. The number of hydrogen-bond donors (Lipinski definition) is 1. The maximum Gasteiger partial charge on any atom is 0.247 e. The van der Waals surface area contributed by atoms with E-state index in [0.29, 0.717) is 42.1 Å². The fourth-order valence-corrected chi connectivity index (χ4v) is 3.75. The van der Waals surface area contributed by atoms with Gasteiger partial charge in [-0.2, -0.15) is 0 Å². The summed E-state index contributed by atoms with van der Waals surface area (Å²) in [7, 11) is 0. The molecule has 1 aromatic carbocycles. The number of halogens is 1. The van der Waals surface area contributed by atoms with E-state index in [9.17, 15) is 9.59 Å². The van der Waals surface area contributed by atoms with Crippen molar-refractivity contribution >= 4 is 29.2 Å². The highest BCUT2D eigenvalue weighted by atomic mass is 35.5. The summed E-state index contributed by atoms with van der Waals surface area (Å²) in [6, 6.07) is 11.1. The Labute approximate surface area is 191 Å². The molecule has 1 fully saturated rings. The van der Waals surface area contributed by atoms with Crippen molar-refractivity contribution in [2.24, 2.45) is 5.92 Å². The number of aryl methyl sites for hydroxylation is 2. The molecule has 8 nitrogen and oxygen atoms in total. The lowest BCUT2D eigenvalue weighted by molar-refractivity contribution is -0.134. The van der Waals surface area contributed by atoms with E-state index in [1.807, 2.05) is 31.2 Å². The minimum atomic E-state index is -0.276. The van der Waals surface area contributed by atoms with Gasteiger partial charge in [-0.25, -0.2) is 4.98 Å². The summed E-state index contributed by atoms with van der Waals surface area (Å²) < 4.78 is 5.71. The van der Waals surface area contributed by atoms with Crippen LogP contribution in [0.2, 0.25) is 5.02 Å². The standard InChI is InChI=1S/C23H24ClN5O3/c1-15-4-6-16(7-5-15)23-28-27-20(32-23)10-11-21(30)29-12-2-3-17(14-29)22(31)26-19-9-8-18(24)13-25-19/h4-9,13,17H,2-3,10-12,14H2,1H3,(H,25,26,31)/t17-/m1/s1. The van der Waals surface area contributed by atoms with Crippen LogP contribution in [0.25, 0.3) is 11.5 Å². The number of nitrogens with zero attached hydrogens (tertiary/aromatic N) is 4. The van der Waals surface area contributed by atoms with Gasteiger partial charge in [0.25, 0.3) is 0 Å². The first kappa shape index (κ1) is 22.0. The van der Waals surface area contributed by atoms with Gasteiger partial charge >= 0.3 is 0 Å². The van der Waals surface area contributed by atoms with Crippen molar-refractivity contribution in [3.8, 4) is 11.5 Å². The highest BCUT2D eigenvalue weighted by Crippen LogP contribution is 2.21. The normalized spacial score (nSPS) is 16.1. The molecule has 0 bridgehead atoms. The van der Waals surface area contributed by atoms with Crippen LogP contribution in [0.1, 0.15) is 30.7 Å². The average Bonchev–Trinajstić information content (AvgIpc) is 3.28. The molecular weight excluding hydrogens is 430 g/mol. The third-order valence-electron chi connectivity index (χ3n) is 5.44. The molecule has 2 amide bonds. The maximum absolute atomic E-state index is 12.7. The molecule has 32 heavy (non-hydrogen) atoms. The predicted octanol–water partition coefficient (Wildman–Crippen LogP) is 3.90. The molecule has 1 saturated heterocycles. The average molecular weight is 454 g/mol. The molecule has 0 saturated carbocycles. The lowest BCUT2D eigenvalue weighted by Crippen LogP contribution is -2.43. The Bertz CT molecular complexity index is 1080. The number of carbonyl (C=O) groups is 2. The van der Waals surface area contributed by atoms with Gasteiger partial charge in [-0.15, -0.1) is 10.2 Å². The van der Waals surface area contributed by atoms with Crippen molar-refractivity contribution in [2.75, 3.05) is 18.4 Å². The first-order chi connectivity index (χ1) is 15.5. The second-order valence-corrected chi connectivity index (χ2v) is 8.33. The van der Waals surface area contributed by atoms with Crippen molar-refractivity contribution in [1.29, 1.82) is 0 Å². The fraction of sp³-hybridized carbons (Fsp3) is 0.348. The van der Waals surface area contributed by atoms with Crippen LogP contribution >= 0.6 is 11.6 Å². The zero-order chi connectivity index (χ0) is 22.5. The molecule has 2 aromatic heterocycles. The van der Waals surface area contributed by atoms with Gasteiger partial charge in [0.2, 0.25) is 23.6 Å². The van der Waals surface area contributed by atoms with Gasteiger partial charge in [0.15, 0.2) is 0 Å². The monoisotopic (exact) mass is 453 g/mol. The Balaban J connectivity index is 1.29. The predicted molar refractivity (Wildman–Crippen MR) is 120 cm³/mol. The van der Waals surface area contributed by atoms with E-state index in [-0.39, 0.29) is 24.2 Å². The molecule has 9 heteroatoms. The van der Waals surface area contributed by atoms with E-state index < -0.39 is 0 Å². The molecule has 166 valence electrons. The van der Waals surface area contributed by atoms with E-state index in [1.165, 1.54) is 6.20 Å². The summed E-state index contributed by atoms with van der Waals surface area (Å²) in [4.78, 5) is 31.2. The number of pyridine rings is 1. The zero-order valence-corrected chi connectivity index (χ0v) is 18.5. The quantitative estimate of drug-likeness (QED) is 0.607. The van der Waals surface area contributed by atoms with Crippen molar-refractivity contribution < 1.29 is 14.0 Å². The number of amides is 2. The summed E-state index contributed by atoms with van der Waals surface area (Å²) in [5, 5.41) is 11.4. The van der Waals surface area contributed by atoms with E-state index in [0.717, 1.165) is 24.0 Å². The lowest BCUT2D eigenvalue weighted by atomic mass is 9.96. The summed E-state index contributed by atoms with van der Waals surface area (Å²) in [5.41, 5.74) is 2.00. The third-order valence-corrected chi connectivity index (χ3v) is 5.67. The molecule has 0 spiro atoms.